The first kappa shape index (κ1) is 14.1. The molecule has 1 saturated carbocycles. The normalized spacial score (nSPS) is 18.0. The van der Waals surface area contributed by atoms with E-state index in [-0.39, 0.29) is 17.9 Å². The van der Waals surface area contributed by atoms with E-state index < -0.39 is 0 Å². The molecule has 2 rings (SSSR count). The van der Waals surface area contributed by atoms with E-state index in [1.807, 2.05) is 31.2 Å². The molecule has 0 aromatic heterocycles. The number of nitrogens with one attached hydrogen (secondary N) is 1. The second kappa shape index (κ2) is 6.20. The smallest absolute Gasteiger partial charge is 0.251 e. The standard InChI is InChI=1S/C16H23NO2/c1-13-6-5-7-14(10-13)15(19)17-11-16(12-18)8-3-2-4-9-16/h5-7,10,18H,2-4,8-9,11-12H2,1H3,(H,17,19). The van der Waals surface area contributed by atoms with Gasteiger partial charge in [0.2, 0.25) is 0 Å². The van der Waals surface area contributed by atoms with Crippen LogP contribution in [0, 0.1) is 12.3 Å². The summed E-state index contributed by atoms with van der Waals surface area (Å²) in [5, 5.41) is 12.6. The third kappa shape index (κ3) is 3.57. The summed E-state index contributed by atoms with van der Waals surface area (Å²) in [4.78, 5) is 12.1. The van der Waals surface area contributed by atoms with E-state index >= 15 is 0 Å². The Bertz CT molecular complexity index is 436. The minimum absolute atomic E-state index is 0.0397. The number of carbonyl (C=O) groups excluding carboxylic acids is 1. The highest BCUT2D eigenvalue weighted by atomic mass is 16.3. The van der Waals surface area contributed by atoms with Gasteiger partial charge in [0.15, 0.2) is 0 Å². The molecule has 1 aromatic carbocycles. The molecule has 19 heavy (non-hydrogen) atoms. The Kier molecular flexibility index (Phi) is 4.59. The van der Waals surface area contributed by atoms with Crippen molar-refractivity contribution in [3.05, 3.63) is 35.4 Å². The fraction of sp³-hybridized carbons (Fsp3) is 0.562. The predicted molar refractivity (Wildman–Crippen MR) is 76.1 cm³/mol. The molecular weight excluding hydrogens is 238 g/mol. The van der Waals surface area contributed by atoms with E-state index in [1.54, 1.807) is 0 Å². The SMILES string of the molecule is Cc1cccc(C(=O)NCC2(CO)CCCCC2)c1. The Morgan fingerprint density at radius 2 is 2.05 bits per heavy atom. The van der Waals surface area contributed by atoms with Crippen LogP contribution in [0.3, 0.4) is 0 Å². The Morgan fingerprint density at radius 1 is 1.32 bits per heavy atom. The minimum atomic E-state index is -0.0995. The van der Waals surface area contributed by atoms with Gasteiger partial charge in [0.25, 0.3) is 5.91 Å². The van der Waals surface area contributed by atoms with Gasteiger partial charge >= 0.3 is 0 Å². The van der Waals surface area contributed by atoms with Crippen LogP contribution in [0.15, 0.2) is 24.3 Å². The molecule has 1 aliphatic rings. The van der Waals surface area contributed by atoms with Gasteiger partial charge in [-0.15, -0.1) is 0 Å². The molecule has 1 amide bonds. The fourth-order valence-corrected chi connectivity index (χ4v) is 2.85. The van der Waals surface area contributed by atoms with Gasteiger partial charge in [-0.2, -0.15) is 0 Å². The molecule has 1 fully saturated rings. The molecule has 2 N–H and O–H groups in total. The van der Waals surface area contributed by atoms with Crippen molar-refractivity contribution < 1.29 is 9.90 Å². The van der Waals surface area contributed by atoms with Crippen LogP contribution in [-0.4, -0.2) is 24.2 Å². The molecule has 0 unspecified atom stereocenters. The summed E-state index contributed by atoms with van der Waals surface area (Å²) in [6.45, 7) is 2.73. The fourth-order valence-electron chi connectivity index (χ4n) is 2.85. The molecule has 0 spiro atoms. The number of amides is 1. The summed E-state index contributed by atoms with van der Waals surface area (Å²) < 4.78 is 0. The Labute approximate surface area is 115 Å². The number of benzene rings is 1. The van der Waals surface area contributed by atoms with Gasteiger partial charge in [-0.3, -0.25) is 4.79 Å². The van der Waals surface area contributed by atoms with E-state index in [0.717, 1.165) is 31.2 Å². The first-order valence-corrected chi connectivity index (χ1v) is 7.11. The van der Waals surface area contributed by atoms with E-state index in [2.05, 4.69) is 5.32 Å². The van der Waals surface area contributed by atoms with Crippen LogP contribution in [0.1, 0.15) is 48.0 Å². The summed E-state index contributed by atoms with van der Waals surface area (Å²) in [5.41, 5.74) is 1.68. The summed E-state index contributed by atoms with van der Waals surface area (Å²) >= 11 is 0. The molecule has 104 valence electrons. The zero-order chi connectivity index (χ0) is 13.7. The van der Waals surface area contributed by atoms with Crippen molar-refractivity contribution in [3.8, 4) is 0 Å². The molecule has 0 bridgehead atoms. The van der Waals surface area contributed by atoms with Crippen LogP contribution in [0.25, 0.3) is 0 Å². The lowest BCUT2D eigenvalue weighted by atomic mass is 9.74. The Morgan fingerprint density at radius 3 is 2.68 bits per heavy atom. The van der Waals surface area contributed by atoms with E-state index in [0.29, 0.717) is 12.1 Å². The van der Waals surface area contributed by atoms with Crippen LogP contribution in [0.4, 0.5) is 0 Å². The molecule has 3 nitrogen and oxygen atoms in total. The molecule has 1 aromatic rings. The van der Waals surface area contributed by atoms with Gasteiger partial charge in [0, 0.05) is 17.5 Å². The largest absolute Gasteiger partial charge is 0.396 e. The number of aliphatic hydroxyl groups is 1. The van der Waals surface area contributed by atoms with Gasteiger partial charge in [-0.05, 0) is 31.9 Å². The highest BCUT2D eigenvalue weighted by Gasteiger charge is 2.31. The first-order chi connectivity index (χ1) is 9.15. The monoisotopic (exact) mass is 261 g/mol. The van der Waals surface area contributed by atoms with Crippen LogP contribution >= 0.6 is 0 Å². The molecule has 0 atom stereocenters. The topological polar surface area (TPSA) is 49.3 Å². The molecule has 0 heterocycles. The molecule has 0 aliphatic heterocycles. The summed E-state index contributed by atoms with van der Waals surface area (Å²) in [6, 6.07) is 7.59. The van der Waals surface area contributed by atoms with Gasteiger partial charge in [0.1, 0.15) is 0 Å². The average molecular weight is 261 g/mol. The van der Waals surface area contributed by atoms with Crippen LogP contribution < -0.4 is 5.32 Å². The summed E-state index contributed by atoms with van der Waals surface area (Å²) in [6.07, 6.45) is 5.57. The lowest BCUT2D eigenvalue weighted by molar-refractivity contribution is 0.0718. The molecule has 0 radical (unpaired) electrons. The van der Waals surface area contributed by atoms with Crippen LogP contribution in [0.5, 0.6) is 0 Å². The van der Waals surface area contributed by atoms with Crippen molar-refractivity contribution in [2.45, 2.75) is 39.0 Å². The van der Waals surface area contributed by atoms with Crippen molar-refractivity contribution in [1.29, 1.82) is 0 Å². The van der Waals surface area contributed by atoms with Crippen molar-refractivity contribution in [2.75, 3.05) is 13.2 Å². The third-order valence-corrected chi connectivity index (χ3v) is 4.15. The van der Waals surface area contributed by atoms with Crippen LogP contribution in [-0.2, 0) is 0 Å². The molecule has 3 heteroatoms. The Hall–Kier alpha value is -1.35. The second-order valence-corrected chi connectivity index (χ2v) is 5.77. The number of carbonyl (C=O) groups is 1. The zero-order valence-electron chi connectivity index (χ0n) is 11.6. The first-order valence-electron chi connectivity index (χ1n) is 7.11. The number of aryl methyl sites for hydroxylation is 1. The van der Waals surface area contributed by atoms with Gasteiger partial charge < -0.3 is 10.4 Å². The minimum Gasteiger partial charge on any atom is -0.396 e. The number of hydrogen-bond acceptors (Lipinski definition) is 2. The average Bonchev–Trinajstić information content (AvgIpc) is 2.46. The third-order valence-electron chi connectivity index (χ3n) is 4.15. The number of rotatable bonds is 4. The van der Waals surface area contributed by atoms with E-state index in [1.165, 1.54) is 6.42 Å². The lowest BCUT2D eigenvalue weighted by Gasteiger charge is -2.35. The Balaban J connectivity index is 1.95. The van der Waals surface area contributed by atoms with Crippen molar-refractivity contribution in [1.82, 2.24) is 5.32 Å². The zero-order valence-corrected chi connectivity index (χ0v) is 11.6. The van der Waals surface area contributed by atoms with Gasteiger partial charge in [-0.25, -0.2) is 0 Å². The number of aliphatic hydroxyl groups excluding tert-OH is 1. The maximum Gasteiger partial charge on any atom is 0.251 e. The summed E-state index contributed by atoms with van der Waals surface area (Å²) in [7, 11) is 0. The van der Waals surface area contributed by atoms with Crippen molar-refractivity contribution in [3.63, 3.8) is 0 Å². The summed E-state index contributed by atoms with van der Waals surface area (Å²) in [5.74, 6) is -0.0397. The number of hydrogen-bond donors (Lipinski definition) is 2. The maximum absolute atomic E-state index is 12.1. The van der Waals surface area contributed by atoms with Crippen molar-refractivity contribution in [2.24, 2.45) is 5.41 Å². The molecule has 0 saturated heterocycles. The highest BCUT2D eigenvalue weighted by Crippen LogP contribution is 2.35. The maximum atomic E-state index is 12.1. The molecular formula is C16H23NO2. The van der Waals surface area contributed by atoms with Crippen LogP contribution in [0.2, 0.25) is 0 Å². The molecule has 1 aliphatic carbocycles. The highest BCUT2D eigenvalue weighted by molar-refractivity contribution is 5.94. The van der Waals surface area contributed by atoms with Crippen molar-refractivity contribution >= 4 is 5.91 Å². The van der Waals surface area contributed by atoms with Gasteiger partial charge in [0.05, 0.1) is 6.61 Å². The second-order valence-electron chi connectivity index (χ2n) is 5.77. The van der Waals surface area contributed by atoms with Gasteiger partial charge in [-0.1, -0.05) is 37.0 Å². The van der Waals surface area contributed by atoms with E-state index in [9.17, 15) is 9.90 Å². The quantitative estimate of drug-likeness (QED) is 0.875. The predicted octanol–water partition coefficient (Wildman–Crippen LogP) is 2.67. The lowest BCUT2D eigenvalue weighted by Crippen LogP contribution is -2.41. The van der Waals surface area contributed by atoms with E-state index in [4.69, 9.17) is 0 Å².